The third-order valence-electron chi connectivity index (χ3n) is 5.97. The van der Waals surface area contributed by atoms with Crippen molar-refractivity contribution in [2.75, 3.05) is 38.2 Å². The molecule has 1 aliphatic heterocycles. The molecule has 2 fully saturated rings. The molecule has 0 radical (unpaired) electrons. The van der Waals surface area contributed by atoms with Crippen LogP contribution in [-0.2, 0) is 16.1 Å². The summed E-state index contributed by atoms with van der Waals surface area (Å²) < 4.78 is 5.42. The number of nitrogens with zero attached hydrogens (tertiary/aromatic N) is 1. The van der Waals surface area contributed by atoms with E-state index >= 15 is 0 Å². The normalized spacial score (nSPS) is 19.2. The first kappa shape index (κ1) is 25.2. The summed E-state index contributed by atoms with van der Waals surface area (Å²) in [6, 6.07) is 6.38. The zero-order valence-corrected chi connectivity index (χ0v) is 18.5. The van der Waals surface area contributed by atoms with E-state index in [1.807, 2.05) is 6.92 Å². The Kier molecular flexibility index (Phi) is 10.8. The molecule has 0 bridgehead atoms. The van der Waals surface area contributed by atoms with Crippen molar-refractivity contribution < 1.29 is 9.53 Å². The summed E-state index contributed by atoms with van der Waals surface area (Å²) in [5.74, 6) is 0.101. The quantitative estimate of drug-likeness (QED) is 0.716. The maximum absolute atomic E-state index is 12.7. The van der Waals surface area contributed by atoms with Gasteiger partial charge in [0.2, 0.25) is 5.91 Å². The standard InChI is InChI=1S/C21H33N3O2.2ClH/c1-17-5-6-18(15-24-9-11-26-12-10-24)13-19(17)23-20(25)14-21(16-22)7-3-2-4-8-21;;/h5-6,13H,2-4,7-12,14-16,22H2,1H3,(H,23,25);2*1H. The van der Waals surface area contributed by atoms with Crippen molar-refractivity contribution in [3.05, 3.63) is 29.3 Å². The highest BCUT2D eigenvalue weighted by Crippen LogP contribution is 2.38. The van der Waals surface area contributed by atoms with E-state index in [0.717, 1.165) is 56.9 Å². The molecule has 0 atom stereocenters. The highest BCUT2D eigenvalue weighted by molar-refractivity contribution is 5.92. The summed E-state index contributed by atoms with van der Waals surface area (Å²) in [7, 11) is 0. The average Bonchev–Trinajstić information content (AvgIpc) is 2.66. The third-order valence-corrected chi connectivity index (χ3v) is 5.97. The molecule has 5 nitrogen and oxygen atoms in total. The zero-order valence-electron chi connectivity index (χ0n) is 16.9. The average molecular weight is 432 g/mol. The molecular formula is C21H35Cl2N3O2. The van der Waals surface area contributed by atoms with E-state index in [1.165, 1.54) is 24.8 Å². The minimum Gasteiger partial charge on any atom is -0.379 e. The second kappa shape index (κ2) is 12.0. The van der Waals surface area contributed by atoms with Crippen molar-refractivity contribution in [1.29, 1.82) is 0 Å². The topological polar surface area (TPSA) is 67.6 Å². The molecule has 3 rings (SSSR count). The van der Waals surface area contributed by atoms with Crippen LogP contribution in [0.25, 0.3) is 0 Å². The first-order valence-electron chi connectivity index (χ1n) is 10.00. The number of nitrogens with two attached hydrogens (primary N) is 1. The Hall–Kier alpha value is -0.850. The second-order valence-electron chi connectivity index (χ2n) is 8.03. The molecule has 1 aromatic rings. The largest absolute Gasteiger partial charge is 0.379 e. The molecule has 0 aromatic heterocycles. The van der Waals surface area contributed by atoms with Crippen LogP contribution in [0.3, 0.4) is 0 Å². The number of hydrogen-bond donors (Lipinski definition) is 2. The van der Waals surface area contributed by atoms with Crippen LogP contribution in [0.1, 0.15) is 49.7 Å². The van der Waals surface area contributed by atoms with Gasteiger partial charge in [0.05, 0.1) is 13.2 Å². The number of halogens is 2. The predicted octanol–water partition coefficient (Wildman–Crippen LogP) is 3.91. The van der Waals surface area contributed by atoms with Crippen LogP contribution in [0.2, 0.25) is 0 Å². The van der Waals surface area contributed by atoms with Crippen LogP contribution >= 0.6 is 24.8 Å². The summed E-state index contributed by atoms with van der Waals surface area (Å²) in [6.07, 6.45) is 6.35. The molecule has 160 valence electrons. The third kappa shape index (κ3) is 6.89. The predicted molar refractivity (Wildman–Crippen MR) is 120 cm³/mol. The summed E-state index contributed by atoms with van der Waals surface area (Å²) in [4.78, 5) is 15.1. The molecule has 7 heteroatoms. The van der Waals surface area contributed by atoms with Crippen molar-refractivity contribution in [1.82, 2.24) is 4.90 Å². The van der Waals surface area contributed by atoms with Crippen molar-refractivity contribution in [2.45, 2.75) is 52.0 Å². The fourth-order valence-corrected chi connectivity index (χ4v) is 4.21. The summed E-state index contributed by atoms with van der Waals surface area (Å²) in [5.41, 5.74) is 9.32. The van der Waals surface area contributed by atoms with E-state index in [-0.39, 0.29) is 36.1 Å². The molecule has 0 spiro atoms. The number of amides is 1. The number of carbonyl (C=O) groups excluding carboxylic acids is 1. The number of morpholine rings is 1. The van der Waals surface area contributed by atoms with E-state index < -0.39 is 0 Å². The molecule has 1 heterocycles. The molecule has 28 heavy (non-hydrogen) atoms. The Balaban J connectivity index is 0.00000196. The van der Waals surface area contributed by atoms with Gasteiger partial charge in [-0.05, 0) is 48.9 Å². The molecule has 1 amide bonds. The molecule has 1 aliphatic carbocycles. The lowest BCUT2D eigenvalue weighted by Crippen LogP contribution is -2.36. The monoisotopic (exact) mass is 431 g/mol. The van der Waals surface area contributed by atoms with Gasteiger partial charge in [-0.15, -0.1) is 24.8 Å². The summed E-state index contributed by atoms with van der Waals surface area (Å²) in [5, 5.41) is 3.16. The van der Waals surface area contributed by atoms with E-state index in [9.17, 15) is 4.79 Å². The Labute approximate surface area is 181 Å². The van der Waals surface area contributed by atoms with Crippen LogP contribution in [0.4, 0.5) is 5.69 Å². The van der Waals surface area contributed by atoms with E-state index in [0.29, 0.717) is 13.0 Å². The van der Waals surface area contributed by atoms with E-state index in [2.05, 4.69) is 28.4 Å². The van der Waals surface area contributed by atoms with Gasteiger partial charge in [-0.2, -0.15) is 0 Å². The van der Waals surface area contributed by atoms with E-state index in [4.69, 9.17) is 10.5 Å². The molecule has 1 aromatic carbocycles. The van der Waals surface area contributed by atoms with Crippen molar-refractivity contribution in [3.8, 4) is 0 Å². The Morgan fingerprint density at radius 2 is 1.86 bits per heavy atom. The number of aryl methyl sites for hydroxylation is 1. The van der Waals surface area contributed by atoms with Crippen molar-refractivity contribution >= 4 is 36.4 Å². The zero-order chi connectivity index (χ0) is 18.4. The summed E-state index contributed by atoms with van der Waals surface area (Å²) >= 11 is 0. The first-order chi connectivity index (χ1) is 12.6. The Morgan fingerprint density at radius 1 is 1.18 bits per heavy atom. The van der Waals surface area contributed by atoms with Gasteiger partial charge in [0.15, 0.2) is 0 Å². The molecule has 2 aliphatic rings. The number of carbonyl (C=O) groups is 1. The Bertz CT molecular complexity index is 616. The van der Waals surface area contributed by atoms with Gasteiger partial charge in [0.25, 0.3) is 0 Å². The van der Waals surface area contributed by atoms with E-state index in [1.54, 1.807) is 0 Å². The van der Waals surface area contributed by atoms with Crippen molar-refractivity contribution in [2.24, 2.45) is 11.1 Å². The number of nitrogens with one attached hydrogen (secondary N) is 1. The lowest BCUT2D eigenvalue weighted by atomic mass is 9.71. The lowest BCUT2D eigenvalue weighted by molar-refractivity contribution is -0.118. The minimum absolute atomic E-state index is 0. The van der Waals surface area contributed by atoms with Crippen LogP contribution in [0.5, 0.6) is 0 Å². The van der Waals surface area contributed by atoms with Crippen molar-refractivity contribution in [3.63, 3.8) is 0 Å². The lowest BCUT2D eigenvalue weighted by Gasteiger charge is -2.35. The minimum atomic E-state index is 0. The van der Waals surface area contributed by atoms with Gasteiger partial charge in [-0.25, -0.2) is 0 Å². The number of rotatable bonds is 6. The van der Waals surface area contributed by atoms with Crippen LogP contribution in [0.15, 0.2) is 18.2 Å². The highest BCUT2D eigenvalue weighted by atomic mass is 35.5. The number of benzene rings is 1. The van der Waals surface area contributed by atoms with Gasteiger partial charge < -0.3 is 15.8 Å². The molecular weight excluding hydrogens is 397 g/mol. The van der Waals surface area contributed by atoms with Crippen LogP contribution in [0, 0.1) is 12.3 Å². The molecule has 1 saturated carbocycles. The first-order valence-corrected chi connectivity index (χ1v) is 10.00. The van der Waals surface area contributed by atoms with Gasteiger partial charge in [0, 0.05) is 31.7 Å². The highest BCUT2D eigenvalue weighted by Gasteiger charge is 2.33. The molecule has 0 unspecified atom stereocenters. The van der Waals surface area contributed by atoms with Crippen LogP contribution < -0.4 is 11.1 Å². The SMILES string of the molecule is Cc1ccc(CN2CCOCC2)cc1NC(=O)CC1(CN)CCCCC1.Cl.Cl. The van der Waals surface area contributed by atoms with Gasteiger partial charge in [-0.1, -0.05) is 31.4 Å². The van der Waals surface area contributed by atoms with Crippen LogP contribution in [-0.4, -0.2) is 43.7 Å². The summed E-state index contributed by atoms with van der Waals surface area (Å²) in [6.45, 7) is 7.10. The number of hydrogen-bond acceptors (Lipinski definition) is 4. The maximum atomic E-state index is 12.7. The Morgan fingerprint density at radius 3 is 2.50 bits per heavy atom. The smallest absolute Gasteiger partial charge is 0.224 e. The fraction of sp³-hybridized carbons (Fsp3) is 0.667. The molecule has 1 saturated heterocycles. The van der Waals surface area contributed by atoms with Gasteiger partial charge in [-0.3, -0.25) is 9.69 Å². The second-order valence-corrected chi connectivity index (χ2v) is 8.03. The number of ether oxygens (including phenoxy) is 1. The fourth-order valence-electron chi connectivity index (χ4n) is 4.21. The number of anilines is 1. The molecule has 3 N–H and O–H groups in total. The maximum Gasteiger partial charge on any atom is 0.224 e. The van der Waals surface area contributed by atoms with Gasteiger partial charge in [0.1, 0.15) is 0 Å². The van der Waals surface area contributed by atoms with Gasteiger partial charge >= 0.3 is 0 Å².